The van der Waals surface area contributed by atoms with Crippen LogP contribution in [0.25, 0.3) is 5.57 Å². The number of benzene rings is 3. The van der Waals surface area contributed by atoms with Crippen LogP contribution in [0.3, 0.4) is 0 Å². The molecule has 1 aliphatic rings. The van der Waals surface area contributed by atoms with E-state index in [4.69, 9.17) is 0 Å². The van der Waals surface area contributed by atoms with Gasteiger partial charge in [0.05, 0.1) is 5.69 Å². The van der Waals surface area contributed by atoms with E-state index in [1.807, 2.05) is 0 Å². The zero-order chi connectivity index (χ0) is 21.6. The number of unbranched alkanes of at least 4 members (excludes halogenated alkanes) is 1. The summed E-state index contributed by atoms with van der Waals surface area (Å²) in [5.41, 5.74) is 11.0. The van der Waals surface area contributed by atoms with Crippen LogP contribution >= 0.6 is 0 Å². The Morgan fingerprint density at radius 3 is 2.45 bits per heavy atom. The Morgan fingerprint density at radius 1 is 0.871 bits per heavy atom. The van der Waals surface area contributed by atoms with Crippen LogP contribution in [-0.2, 0) is 6.54 Å². The van der Waals surface area contributed by atoms with Gasteiger partial charge in [-0.3, -0.25) is 0 Å². The Hall–Kier alpha value is -2.84. The van der Waals surface area contributed by atoms with Gasteiger partial charge in [-0.2, -0.15) is 0 Å². The van der Waals surface area contributed by atoms with Crippen molar-refractivity contribution in [3.63, 3.8) is 0 Å². The van der Waals surface area contributed by atoms with Crippen molar-refractivity contribution < 1.29 is 0 Å². The van der Waals surface area contributed by atoms with E-state index in [0.717, 1.165) is 32.5 Å². The van der Waals surface area contributed by atoms with E-state index in [9.17, 15) is 0 Å². The molecule has 31 heavy (non-hydrogen) atoms. The third kappa shape index (κ3) is 4.60. The van der Waals surface area contributed by atoms with Crippen molar-refractivity contribution in [2.75, 3.05) is 18.0 Å². The molecule has 2 nitrogen and oxygen atoms in total. The highest BCUT2D eigenvalue weighted by Crippen LogP contribution is 2.47. The van der Waals surface area contributed by atoms with E-state index in [0.29, 0.717) is 0 Å². The normalized spacial score (nSPS) is 13.9. The lowest BCUT2D eigenvalue weighted by atomic mass is 9.86. The fraction of sp³-hybridized carbons (Fsp3) is 0.310. The Labute approximate surface area is 187 Å². The van der Waals surface area contributed by atoms with Crippen LogP contribution in [-0.4, -0.2) is 13.1 Å². The lowest BCUT2D eigenvalue weighted by molar-refractivity contribution is 0.650. The van der Waals surface area contributed by atoms with Crippen molar-refractivity contribution in [2.45, 2.75) is 46.6 Å². The molecule has 0 spiro atoms. The summed E-state index contributed by atoms with van der Waals surface area (Å²) in [6.07, 6.45) is 5.81. The lowest BCUT2D eigenvalue weighted by Crippen LogP contribution is -2.28. The second-order valence-electron chi connectivity index (χ2n) is 8.49. The quantitative estimate of drug-likeness (QED) is 0.396. The summed E-state index contributed by atoms with van der Waals surface area (Å²) in [6.45, 7) is 9.70. The van der Waals surface area contributed by atoms with Crippen LogP contribution in [0.15, 0.2) is 72.8 Å². The van der Waals surface area contributed by atoms with Gasteiger partial charge >= 0.3 is 0 Å². The molecule has 3 aromatic carbocycles. The average molecular weight is 411 g/mol. The first-order chi connectivity index (χ1) is 15.2. The molecule has 0 unspecified atom stereocenters. The fourth-order valence-electron chi connectivity index (χ4n) is 4.50. The van der Waals surface area contributed by atoms with Gasteiger partial charge in [-0.1, -0.05) is 80.1 Å². The van der Waals surface area contributed by atoms with Crippen molar-refractivity contribution in [1.29, 1.82) is 0 Å². The lowest BCUT2D eigenvalue weighted by Gasteiger charge is -2.36. The zero-order valence-electron chi connectivity index (χ0n) is 19.1. The molecule has 0 radical (unpaired) electrons. The van der Waals surface area contributed by atoms with Gasteiger partial charge in [0.1, 0.15) is 0 Å². The number of rotatable bonds is 8. The first kappa shape index (κ1) is 21.4. The molecule has 0 bridgehead atoms. The summed E-state index contributed by atoms with van der Waals surface area (Å²) in [4.78, 5) is 2.56. The molecule has 0 saturated heterocycles. The van der Waals surface area contributed by atoms with Crippen LogP contribution in [0.2, 0.25) is 0 Å². The second-order valence-corrected chi connectivity index (χ2v) is 8.49. The predicted molar refractivity (Wildman–Crippen MR) is 134 cm³/mol. The van der Waals surface area contributed by atoms with Gasteiger partial charge in [0, 0.05) is 29.9 Å². The Kier molecular flexibility index (Phi) is 6.89. The first-order valence-electron chi connectivity index (χ1n) is 11.6. The van der Waals surface area contributed by atoms with Gasteiger partial charge in [0.2, 0.25) is 0 Å². The first-order valence-corrected chi connectivity index (χ1v) is 11.6. The van der Waals surface area contributed by atoms with Crippen molar-refractivity contribution in [3.05, 3.63) is 101 Å². The summed E-state index contributed by atoms with van der Waals surface area (Å²) in [7, 11) is 0. The number of allylic oxidation sites excluding steroid dienone is 1. The maximum absolute atomic E-state index is 3.61. The molecular weight excluding hydrogens is 376 g/mol. The van der Waals surface area contributed by atoms with E-state index in [1.54, 1.807) is 0 Å². The van der Waals surface area contributed by atoms with Crippen molar-refractivity contribution in [1.82, 2.24) is 5.32 Å². The minimum atomic E-state index is 0.927. The SMILES string of the molecule is CCCC=C1c2ccccc2N(CCCNCc2ccccc2)c2c1ccc(C)c2C. The molecule has 0 aromatic heterocycles. The highest BCUT2D eigenvalue weighted by atomic mass is 15.1. The Morgan fingerprint density at radius 2 is 1.65 bits per heavy atom. The summed E-state index contributed by atoms with van der Waals surface area (Å²) < 4.78 is 0. The third-order valence-corrected chi connectivity index (χ3v) is 6.29. The molecule has 1 aliphatic heterocycles. The fourth-order valence-corrected chi connectivity index (χ4v) is 4.50. The van der Waals surface area contributed by atoms with Crippen molar-refractivity contribution in [2.24, 2.45) is 0 Å². The van der Waals surface area contributed by atoms with Crippen LogP contribution in [0, 0.1) is 13.8 Å². The molecular formula is C29H34N2. The van der Waals surface area contributed by atoms with Gasteiger partial charge in [-0.25, -0.2) is 0 Å². The van der Waals surface area contributed by atoms with Gasteiger partial charge < -0.3 is 10.2 Å². The second kappa shape index (κ2) is 9.98. The molecule has 1 heterocycles. The minimum Gasteiger partial charge on any atom is -0.340 e. The van der Waals surface area contributed by atoms with Crippen LogP contribution in [0.5, 0.6) is 0 Å². The van der Waals surface area contributed by atoms with Crippen LogP contribution in [0.1, 0.15) is 54.0 Å². The summed E-state index contributed by atoms with van der Waals surface area (Å²) in [5, 5.41) is 3.61. The van der Waals surface area contributed by atoms with E-state index >= 15 is 0 Å². The molecule has 0 aliphatic carbocycles. The van der Waals surface area contributed by atoms with Gasteiger partial charge in [-0.05, 0) is 61.6 Å². The number of nitrogens with one attached hydrogen (secondary N) is 1. The zero-order valence-corrected chi connectivity index (χ0v) is 19.1. The molecule has 0 atom stereocenters. The highest BCUT2D eigenvalue weighted by Gasteiger charge is 2.27. The van der Waals surface area contributed by atoms with Crippen LogP contribution < -0.4 is 10.2 Å². The van der Waals surface area contributed by atoms with Crippen LogP contribution in [0.4, 0.5) is 11.4 Å². The number of fused-ring (bicyclic) bond motifs is 2. The van der Waals surface area contributed by atoms with Gasteiger partial charge in [0.15, 0.2) is 0 Å². The average Bonchev–Trinajstić information content (AvgIpc) is 2.80. The topological polar surface area (TPSA) is 15.3 Å². The maximum Gasteiger partial charge on any atom is 0.0523 e. The minimum absolute atomic E-state index is 0.927. The van der Waals surface area contributed by atoms with E-state index < -0.39 is 0 Å². The molecule has 1 N–H and O–H groups in total. The summed E-state index contributed by atoms with van der Waals surface area (Å²) in [6, 6.07) is 24.2. The molecule has 4 rings (SSSR count). The smallest absolute Gasteiger partial charge is 0.0523 e. The number of hydrogen-bond donors (Lipinski definition) is 1. The summed E-state index contributed by atoms with van der Waals surface area (Å²) >= 11 is 0. The third-order valence-electron chi connectivity index (χ3n) is 6.29. The number of para-hydroxylation sites is 1. The Bertz CT molecular complexity index is 1050. The molecule has 2 heteroatoms. The largest absolute Gasteiger partial charge is 0.340 e. The number of anilines is 2. The Balaban J connectivity index is 1.58. The van der Waals surface area contributed by atoms with Gasteiger partial charge in [-0.15, -0.1) is 0 Å². The molecule has 0 fully saturated rings. The standard InChI is InChI=1S/C29H34N2/c1-4-5-14-25-26-15-9-10-16-28(26)31(29-23(3)22(2)17-18-27(25)29)20-11-19-30-21-24-12-7-6-8-13-24/h6-10,12-18,30H,4-5,11,19-21H2,1-3H3. The molecule has 3 aromatic rings. The number of aryl methyl sites for hydroxylation is 1. The highest BCUT2D eigenvalue weighted by molar-refractivity contribution is 5.98. The maximum atomic E-state index is 3.61. The van der Waals surface area contributed by atoms with E-state index in [1.165, 1.54) is 51.2 Å². The monoisotopic (exact) mass is 410 g/mol. The van der Waals surface area contributed by atoms with E-state index in [2.05, 4.69) is 104 Å². The molecule has 160 valence electrons. The molecule has 0 saturated carbocycles. The van der Waals surface area contributed by atoms with Crippen molar-refractivity contribution >= 4 is 16.9 Å². The number of hydrogen-bond acceptors (Lipinski definition) is 2. The van der Waals surface area contributed by atoms with E-state index in [-0.39, 0.29) is 0 Å². The molecule has 0 amide bonds. The number of nitrogens with zero attached hydrogens (tertiary/aromatic N) is 1. The van der Waals surface area contributed by atoms with Gasteiger partial charge in [0.25, 0.3) is 0 Å². The predicted octanol–water partition coefficient (Wildman–Crippen LogP) is 7.17. The van der Waals surface area contributed by atoms with Crippen molar-refractivity contribution in [3.8, 4) is 0 Å². The summed E-state index contributed by atoms with van der Waals surface area (Å²) in [5.74, 6) is 0.